The lowest BCUT2D eigenvalue weighted by atomic mass is 9.95. The largest absolute Gasteiger partial charge is 0.462 e. The molecule has 1 amide bonds. The number of nitrogens with one attached hydrogen (secondary N) is 1. The van der Waals surface area contributed by atoms with E-state index in [0.717, 1.165) is 43.4 Å². The van der Waals surface area contributed by atoms with Gasteiger partial charge in [0.1, 0.15) is 5.00 Å². The quantitative estimate of drug-likeness (QED) is 0.767. The highest BCUT2D eigenvalue weighted by Gasteiger charge is 2.30. The van der Waals surface area contributed by atoms with E-state index in [2.05, 4.69) is 29.3 Å². The summed E-state index contributed by atoms with van der Waals surface area (Å²) in [6.07, 6.45) is 5.01. The Hall–Kier alpha value is -2.34. The first-order valence-corrected chi connectivity index (χ1v) is 10.9. The minimum Gasteiger partial charge on any atom is -0.462 e. The van der Waals surface area contributed by atoms with E-state index >= 15 is 0 Å². The molecule has 1 aromatic heterocycles. The lowest BCUT2D eigenvalue weighted by molar-refractivity contribution is -0.115. The molecular formula is C22H26N2O3S. The Kier molecular flexibility index (Phi) is 5.40. The van der Waals surface area contributed by atoms with Crippen LogP contribution in [-0.2, 0) is 28.8 Å². The maximum atomic E-state index is 12.9. The van der Waals surface area contributed by atoms with Crippen molar-refractivity contribution in [1.29, 1.82) is 0 Å². The summed E-state index contributed by atoms with van der Waals surface area (Å²) in [5.41, 5.74) is 4.05. The van der Waals surface area contributed by atoms with Gasteiger partial charge in [-0.2, -0.15) is 0 Å². The Labute approximate surface area is 169 Å². The van der Waals surface area contributed by atoms with Crippen LogP contribution in [0.2, 0.25) is 0 Å². The van der Waals surface area contributed by atoms with Crippen molar-refractivity contribution in [2.24, 2.45) is 0 Å². The maximum Gasteiger partial charge on any atom is 0.341 e. The van der Waals surface area contributed by atoms with Gasteiger partial charge in [-0.1, -0.05) is 18.2 Å². The third kappa shape index (κ3) is 3.53. The van der Waals surface area contributed by atoms with Gasteiger partial charge in [-0.15, -0.1) is 11.3 Å². The maximum absolute atomic E-state index is 12.9. The normalized spacial score (nSPS) is 17.8. The number of carbonyl (C=O) groups is 2. The molecule has 2 heterocycles. The Morgan fingerprint density at radius 3 is 2.86 bits per heavy atom. The summed E-state index contributed by atoms with van der Waals surface area (Å²) in [5.74, 6) is -0.412. The number of aryl methyl sites for hydroxylation is 1. The molecule has 5 nitrogen and oxygen atoms in total. The van der Waals surface area contributed by atoms with Gasteiger partial charge in [0.05, 0.1) is 18.7 Å². The van der Waals surface area contributed by atoms with Gasteiger partial charge in [-0.05, 0) is 63.1 Å². The molecule has 1 unspecified atom stereocenters. The predicted octanol–water partition coefficient (Wildman–Crippen LogP) is 4.19. The average molecular weight is 399 g/mol. The van der Waals surface area contributed by atoms with Crippen LogP contribution in [0, 0.1) is 0 Å². The van der Waals surface area contributed by atoms with E-state index in [-0.39, 0.29) is 24.5 Å². The average Bonchev–Trinajstić information content (AvgIpc) is 3.19. The summed E-state index contributed by atoms with van der Waals surface area (Å²) in [6, 6.07) is 8.52. The Morgan fingerprint density at radius 2 is 2.04 bits per heavy atom. The van der Waals surface area contributed by atoms with Crippen LogP contribution in [0.4, 0.5) is 10.7 Å². The fraction of sp³-hybridized carbons (Fsp3) is 0.455. The fourth-order valence-electron chi connectivity index (χ4n) is 4.26. The first-order chi connectivity index (χ1) is 13.6. The molecule has 4 rings (SSSR count). The molecule has 0 bridgehead atoms. The summed E-state index contributed by atoms with van der Waals surface area (Å²) in [5, 5.41) is 3.67. The van der Waals surface area contributed by atoms with Crippen molar-refractivity contribution in [2.45, 2.75) is 52.0 Å². The third-order valence-electron chi connectivity index (χ3n) is 5.57. The number of hydrogen-bond acceptors (Lipinski definition) is 5. The number of thiophene rings is 1. The van der Waals surface area contributed by atoms with E-state index in [0.29, 0.717) is 17.2 Å². The zero-order valence-corrected chi connectivity index (χ0v) is 17.2. The number of nitrogens with zero attached hydrogens (tertiary/aromatic N) is 1. The molecule has 2 aromatic rings. The Morgan fingerprint density at radius 1 is 1.25 bits per heavy atom. The van der Waals surface area contributed by atoms with Gasteiger partial charge >= 0.3 is 5.97 Å². The zero-order valence-electron chi connectivity index (χ0n) is 16.4. The summed E-state index contributed by atoms with van der Waals surface area (Å²) in [4.78, 5) is 28.8. The second-order valence-corrected chi connectivity index (χ2v) is 8.60. The van der Waals surface area contributed by atoms with E-state index in [1.165, 1.54) is 21.8 Å². The molecule has 0 saturated carbocycles. The lowest BCUT2D eigenvalue weighted by Crippen LogP contribution is -2.37. The van der Waals surface area contributed by atoms with E-state index < -0.39 is 0 Å². The number of benzene rings is 1. The number of rotatable bonds is 5. The number of anilines is 2. The van der Waals surface area contributed by atoms with E-state index in [9.17, 15) is 9.59 Å². The molecule has 1 aliphatic carbocycles. The minimum atomic E-state index is -0.322. The Bertz CT molecular complexity index is 905. The molecule has 1 atom stereocenters. The number of fused-ring (bicyclic) bond motifs is 2. The van der Waals surface area contributed by atoms with Crippen LogP contribution in [0.1, 0.15) is 53.1 Å². The molecular weight excluding hydrogens is 372 g/mol. The molecule has 0 saturated heterocycles. The van der Waals surface area contributed by atoms with Crippen molar-refractivity contribution in [3.63, 3.8) is 0 Å². The van der Waals surface area contributed by atoms with Gasteiger partial charge in [-0.25, -0.2) is 4.79 Å². The standard InChI is InChI=1S/C22H26N2O3S/c1-3-27-22(26)20-16-9-5-7-11-18(16)28-21(20)23-19(25)13-24-14(2)12-15-8-4-6-10-17(15)24/h4,6,8,10,14H,3,5,7,9,11-13H2,1-2H3,(H,23,25). The highest BCUT2D eigenvalue weighted by atomic mass is 32.1. The lowest BCUT2D eigenvalue weighted by Gasteiger charge is -2.24. The van der Waals surface area contributed by atoms with Crippen LogP contribution in [0.3, 0.4) is 0 Å². The van der Waals surface area contributed by atoms with E-state index in [1.54, 1.807) is 6.92 Å². The third-order valence-corrected chi connectivity index (χ3v) is 6.77. The number of ether oxygens (including phenoxy) is 1. The van der Waals surface area contributed by atoms with Crippen molar-refractivity contribution in [2.75, 3.05) is 23.4 Å². The van der Waals surface area contributed by atoms with Crippen molar-refractivity contribution < 1.29 is 14.3 Å². The molecule has 0 spiro atoms. The Balaban J connectivity index is 1.55. The van der Waals surface area contributed by atoms with Crippen LogP contribution in [0.15, 0.2) is 24.3 Å². The minimum absolute atomic E-state index is 0.0901. The molecule has 2 aliphatic rings. The van der Waals surface area contributed by atoms with Crippen LogP contribution in [0.5, 0.6) is 0 Å². The summed E-state index contributed by atoms with van der Waals surface area (Å²) >= 11 is 1.54. The van der Waals surface area contributed by atoms with Crippen LogP contribution in [0.25, 0.3) is 0 Å². The molecule has 0 fully saturated rings. The van der Waals surface area contributed by atoms with Crippen LogP contribution in [-0.4, -0.2) is 31.1 Å². The van der Waals surface area contributed by atoms with Crippen LogP contribution >= 0.6 is 11.3 Å². The molecule has 28 heavy (non-hydrogen) atoms. The van der Waals surface area contributed by atoms with Gasteiger partial charge in [0.15, 0.2) is 0 Å². The van der Waals surface area contributed by atoms with Crippen molar-refractivity contribution in [1.82, 2.24) is 0 Å². The summed E-state index contributed by atoms with van der Waals surface area (Å²) in [6.45, 7) is 4.56. The topological polar surface area (TPSA) is 58.6 Å². The van der Waals surface area contributed by atoms with Gasteiger partial charge in [-0.3, -0.25) is 4.79 Å². The summed E-state index contributed by atoms with van der Waals surface area (Å²) < 4.78 is 5.28. The molecule has 1 aliphatic heterocycles. The monoisotopic (exact) mass is 398 g/mol. The molecule has 6 heteroatoms. The van der Waals surface area contributed by atoms with Gasteiger partial charge < -0.3 is 15.0 Å². The number of para-hydroxylation sites is 1. The van der Waals surface area contributed by atoms with Gasteiger partial charge in [0.25, 0.3) is 0 Å². The predicted molar refractivity (Wildman–Crippen MR) is 113 cm³/mol. The highest BCUT2D eigenvalue weighted by molar-refractivity contribution is 7.17. The number of esters is 1. The number of carbonyl (C=O) groups excluding carboxylic acids is 2. The van der Waals surface area contributed by atoms with Gasteiger partial charge in [0, 0.05) is 16.6 Å². The van der Waals surface area contributed by atoms with E-state index in [1.807, 2.05) is 12.1 Å². The fourth-order valence-corrected chi connectivity index (χ4v) is 5.56. The first kappa shape index (κ1) is 19.0. The SMILES string of the molecule is CCOC(=O)c1c(NC(=O)CN2c3ccccc3CC2C)sc2c1CCCC2. The number of hydrogen-bond donors (Lipinski definition) is 1. The van der Waals surface area contributed by atoms with Gasteiger partial charge in [0.2, 0.25) is 5.91 Å². The highest BCUT2D eigenvalue weighted by Crippen LogP contribution is 2.39. The van der Waals surface area contributed by atoms with Crippen LogP contribution < -0.4 is 10.2 Å². The molecule has 1 aromatic carbocycles. The molecule has 0 radical (unpaired) electrons. The smallest absolute Gasteiger partial charge is 0.341 e. The zero-order chi connectivity index (χ0) is 19.7. The summed E-state index contributed by atoms with van der Waals surface area (Å²) in [7, 11) is 0. The second kappa shape index (κ2) is 7.95. The van der Waals surface area contributed by atoms with Crippen molar-refractivity contribution >= 4 is 33.9 Å². The second-order valence-electron chi connectivity index (χ2n) is 7.49. The number of amides is 1. The van der Waals surface area contributed by atoms with E-state index in [4.69, 9.17) is 4.74 Å². The van der Waals surface area contributed by atoms with Crippen molar-refractivity contribution in [3.05, 3.63) is 45.8 Å². The molecule has 1 N–H and O–H groups in total. The first-order valence-electron chi connectivity index (χ1n) is 10.0. The van der Waals surface area contributed by atoms with Crippen molar-refractivity contribution in [3.8, 4) is 0 Å². The molecule has 148 valence electrons.